The van der Waals surface area contributed by atoms with Crippen molar-refractivity contribution >= 4 is 33.5 Å². The van der Waals surface area contributed by atoms with Gasteiger partial charge >= 0.3 is 6.03 Å². The number of pyridine rings is 1. The van der Waals surface area contributed by atoms with Crippen molar-refractivity contribution in [2.24, 2.45) is 0 Å². The molecule has 0 bridgehead atoms. The Bertz CT molecular complexity index is 575. The summed E-state index contributed by atoms with van der Waals surface area (Å²) in [5.41, 5.74) is 0.338. The minimum atomic E-state index is -0.470. The molecule has 1 heterocycles. The number of rotatable bonds is 2. The molecule has 5 nitrogen and oxygen atoms in total. The fraction of sp³-hybridized carbons (Fsp3) is 0. The largest absolute Gasteiger partial charge is 0.506 e. The van der Waals surface area contributed by atoms with E-state index < -0.39 is 6.03 Å². The van der Waals surface area contributed by atoms with E-state index in [0.717, 1.165) is 4.47 Å². The van der Waals surface area contributed by atoms with Gasteiger partial charge in [0.1, 0.15) is 11.6 Å². The van der Waals surface area contributed by atoms with Gasteiger partial charge in [0.2, 0.25) is 0 Å². The van der Waals surface area contributed by atoms with Gasteiger partial charge in [-0.25, -0.2) is 9.78 Å². The van der Waals surface area contributed by atoms with Crippen LogP contribution in [0.4, 0.5) is 16.3 Å². The molecule has 0 spiro atoms. The fourth-order valence-electron chi connectivity index (χ4n) is 1.32. The number of nitrogens with zero attached hydrogens (tertiary/aromatic N) is 1. The molecule has 92 valence electrons. The van der Waals surface area contributed by atoms with Crippen LogP contribution in [0.5, 0.6) is 5.75 Å². The Hall–Kier alpha value is -2.08. The molecule has 0 saturated carbocycles. The van der Waals surface area contributed by atoms with Crippen LogP contribution >= 0.6 is 15.9 Å². The molecule has 18 heavy (non-hydrogen) atoms. The topological polar surface area (TPSA) is 74.2 Å². The molecule has 0 aliphatic rings. The summed E-state index contributed by atoms with van der Waals surface area (Å²) in [4.78, 5) is 15.6. The van der Waals surface area contributed by atoms with Crippen molar-refractivity contribution < 1.29 is 9.90 Å². The Labute approximate surface area is 112 Å². The number of aromatic hydroxyl groups is 1. The van der Waals surface area contributed by atoms with E-state index in [-0.39, 0.29) is 5.75 Å². The molecule has 3 N–H and O–H groups in total. The number of carbonyl (C=O) groups is 1. The van der Waals surface area contributed by atoms with Crippen LogP contribution in [0.15, 0.2) is 47.1 Å². The normalized spacial score (nSPS) is 9.83. The number of carbonyl (C=O) groups excluding carboxylic acids is 1. The molecule has 0 fully saturated rings. The maximum atomic E-state index is 11.7. The molecule has 6 heteroatoms. The van der Waals surface area contributed by atoms with E-state index in [1.165, 1.54) is 6.07 Å². The summed E-state index contributed by atoms with van der Waals surface area (Å²) in [5, 5.41) is 14.6. The van der Waals surface area contributed by atoms with Crippen LogP contribution in [-0.2, 0) is 0 Å². The molecule has 2 rings (SSSR count). The molecular formula is C12H10BrN3O2. The molecule has 0 saturated heterocycles. The Morgan fingerprint density at radius 2 is 2.00 bits per heavy atom. The molecule has 0 radical (unpaired) electrons. The molecule has 2 amide bonds. The van der Waals surface area contributed by atoms with Gasteiger partial charge in [0.05, 0.1) is 5.69 Å². The Morgan fingerprint density at radius 3 is 2.72 bits per heavy atom. The number of hydrogen-bond acceptors (Lipinski definition) is 3. The smallest absolute Gasteiger partial charge is 0.324 e. The van der Waals surface area contributed by atoms with Gasteiger partial charge in [0, 0.05) is 10.7 Å². The number of benzene rings is 1. The predicted octanol–water partition coefficient (Wildman–Crippen LogP) is 3.19. The number of amides is 2. The summed E-state index contributed by atoms with van der Waals surface area (Å²) in [5.74, 6) is 0.423. The lowest BCUT2D eigenvalue weighted by Gasteiger charge is -2.08. The van der Waals surface area contributed by atoms with Crippen LogP contribution in [0.3, 0.4) is 0 Å². The summed E-state index contributed by atoms with van der Waals surface area (Å²) in [7, 11) is 0. The second-order valence-corrected chi connectivity index (χ2v) is 4.37. The Morgan fingerprint density at radius 1 is 1.22 bits per heavy atom. The first-order valence-electron chi connectivity index (χ1n) is 5.13. The van der Waals surface area contributed by atoms with Crippen molar-refractivity contribution in [2.45, 2.75) is 0 Å². The number of anilines is 2. The standard InChI is InChI=1S/C12H10BrN3O2/c13-8-5-6-14-11(7-8)16-12(18)15-9-3-1-2-4-10(9)17/h1-7,17H,(H2,14,15,16,18). The van der Waals surface area contributed by atoms with Gasteiger partial charge in [-0.1, -0.05) is 28.1 Å². The van der Waals surface area contributed by atoms with Crippen molar-refractivity contribution in [2.75, 3.05) is 10.6 Å². The lowest BCUT2D eigenvalue weighted by atomic mass is 10.3. The van der Waals surface area contributed by atoms with Crippen molar-refractivity contribution in [3.8, 4) is 5.75 Å². The van der Waals surface area contributed by atoms with E-state index in [0.29, 0.717) is 11.5 Å². The van der Waals surface area contributed by atoms with Gasteiger partial charge < -0.3 is 10.4 Å². The van der Waals surface area contributed by atoms with Crippen molar-refractivity contribution in [3.63, 3.8) is 0 Å². The zero-order valence-corrected chi connectivity index (χ0v) is 10.8. The third-order valence-corrected chi connectivity index (χ3v) is 2.61. The zero-order valence-electron chi connectivity index (χ0n) is 9.22. The summed E-state index contributed by atoms with van der Waals surface area (Å²) >= 11 is 3.28. The average Bonchev–Trinajstić information content (AvgIpc) is 2.32. The number of urea groups is 1. The molecule has 0 aliphatic carbocycles. The van der Waals surface area contributed by atoms with Crippen LogP contribution in [0, 0.1) is 0 Å². The zero-order chi connectivity index (χ0) is 13.0. The maximum Gasteiger partial charge on any atom is 0.324 e. The minimum absolute atomic E-state index is 0.00912. The van der Waals surface area contributed by atoms with E-state index >= 15 is 0 Å². The predicted molar refractivity (Wildman–Crippen MR) is 72.7 cm³/mol. The molecule has 0 unspecified atom stereocenters. The number of halogens is 1. The monoisotopic (exact) mass is 307 g/mol. The first kappa shape index (κ1) is 12.4. The van der Waals surface area contributed by atoms with Crippen LogP contribution in [-0.4, -0.2) is 16.1 Å². The van der Waals surface area contributed by atoms with Gasteiger partial charge in [0.25, 0.3) is 0 Å². The summed E-state index contributed by atoms with van der Waals surface area (Å²) < 4.78 is 0.815. The van der Waals surface area contributed by atoms with Crippen LogP contribution in [0.1, 0.15) is 0 Å². The highest BCUT2D eigenvalue weighted by Crippen LogP contribution is 2.21. The van der Waals surface area contributed by atoms with Gasteiger partial charge in [-0.05, 0) is 24.3 Å². The lowest BCUT2D eigenvalue weighted by Crippen LogP contribution is -2.20. The minimum Gasteiger partial charge on any atom is -0.506 e. The van der Waals surface area contributed by atoms with Crippen molar-refractivity contribution in [1.82, 2.24) is 4.98 Å². The van der Waals surface area contributed by atoms with E-state index in [1.807, 2.05) is 0 Å². The van der Waals surface area contributed by atoms with E-state index in [2.05, 4.69) is 31.5 Å². The summed E-state index contributed by atoms with van der Waals surface area (Å²) in [6.45, 7) is 0. The summed E-state index contributed by atoms with van der Waals surface area (Å²) in [6.07, 6.45) is 1.57. The first-order valence-corrected chi connectivity index (χ1v) is 5.92. The van der Waals surface area contributed by atoms with Crippen LogP contribution < -0.4 is 10.6 Å². The van der Waals surface area contributed by atoms with Gasteiger partial charge in [-0.3, -0.25) is 5.32 Å². The Balaban J connectivity index is 2.03. The van der Waals surface area contributed by atoms with Crippen molar-refractivity contribution in [1.29, 1.82) is 0 Å². The maximum absolute atomic E-state index is 11.7. The van der Waals surface area contributed by atoms with E-state index in [1.54, 1.807) is 36.5 Å². The van der Waals surface area contributed by atoms with Gasteiger partial charge in [0.15, 0.2) is 0 Å². The average molecular weight is 308 g/mol. The van der Waals surface area contributed by atoms with Gasteiger partial charge in [-0.15, -0.1) is 0 Å². The highest BCUT2D eigenvalue weighted by molar-refractivity contribution is 9.10. The molecule has 1 aromatic carbocycles. The number of phenolic OH excluding ortho intramolecular Hbond substituents is 1. The number of hydrogen-bond donors (Lipinski definition) is 3. The number of aromatic nitrogens is 1. The van der Waals surface area contributed by atoms with Crippen molar-refractivity contribution in [3.05, 3.63) is 47.1 Å². The second kappa shape index (κ2) is 5.50. The van der Waals surface area contributed by atoms with Gasteiger partial charge in [-0.2, -0.15) is 0 Å². The van der Waals surface area contributed by atoms with E-state index in [9.17, 15) is 9.90 Å². The number of phenols is 1. The third kappa shape index (κ3) is 3.21. The Kier molecular flexibility index (Phi) is 3.78. The highest BCUT2D eigenvalue weighted by atomic mass is 79.9. The molecule has 2 aromatic rings. The third-order valence-electron chi connectivity index (χ3n) is 2.12. The lowest BCUT2D eigenvalue weighted by molar-refractivity contribution is 0.262. The number of para-hydroxylation sites is 2. The SMILES string of the molecule is O=C(Nc1cc(Br)ccn1)Nc1ccccc1O. The first-order chi connectivity index (χ1) is 8.65. The summed E-state index contributed by atoms with van der Waals surface area (Å²) in [6, 6.07) is 9.44. The van der Waals surface area contributed by atoms with Crippen LogP contribution in [0.2, 0.25) is 0 Å². The molecule has 0 aliphatic heterocycles. The fourth-order valence-corrected chi connectivity index (χ4v) is 1.66. The molecule has 0 atom stereocenters. The van der Waals surface area contributed by atoms with Crippen LogP contribution in [0.25, 0.3) is 0 Å². The highest BCUT2D eigenvalue weighted by Gasteiger charge is 2.06. The quantitative estimate of drug-likeness (QED) is 0.746. The number of nitrogens with one attached hydrogen (secondary N) is 2. The van der Waals surface area contributed by atoms with E-state index in [4.69, 9.17) is 0 Å². The second-order valence-electron chi connectivity index (χ2n) is 3.46. The molecule has 1 aromatic heterocycles. The molecular weight excluding hydrogens is 298 g/mol.